The Morgan fingerprint density at radius 2 is 2.14 bits per heavy atom. The summed E-state index contributed by atoms with van der Waals surface area (Å²) in [4.78, 5) is 13.7. The van der Waals surface area contributed by atoms with E-state index in [1.165, 1.54) is 0 Å². The molecule has 5 heteroatoms. The summed E-state index contributed by atoms with van der Waals surface area (Å²) in [5.41, 5.74) is 5.41. The van der Waals surface area contributed by atoms with Gasteiger partial charge in [0.15, 0.2) is 0 Å². The van der Waals surface area contributed by atoms with E-state index in [0.717, 1.165) is 6.54 Å². The summed E-state index contributed by atoms with van der Waals surface area (Å²) < 4.78 is 0. The standard InChI is InChI=1S/C9H19N3OS/c1-7(2)12(5-4-8(10)14)6-9(13)11-3/h7H,4-6H2,1-3H3,(H2,10,14)(H,11,13). The molecule has 14 heavy (non-hydrogen) atoms. The molecule has 1 amide bonds. The second-order valence-corrected chi connectivity index (χ2v) is 3.98. The highest BCUT2D eigenvalue weighted by Crippen LogP contribution is 1.99. The summed E-state index contributed by atoms with van der Waals surface area (Å²) in [5.74, 6) is 0.0154. The van der Waals surface area contributed by atoms with Crippen LogP contribution in [0.2, 0.25) is 0 Å². The molecule has 4 nitrogen and oxygen atoms in total. The molecule has 0 bridgehead atoms. The van der Waals surface area contributed by atoms with Gasteiger partial charge in [0.1, 0.15) is 0 Å². The SMILES string of the molecule is CNC(=O)CN(CCC(N)=S)C(C)C. The topological polar surface area (TPSA) is 58.4 Å². The highest BCUT2D eigenvalue weighted by atomic mass is 32.1. The maximum Gasteiger partial charge on any atom is 0.233 e. The first-order valence-electron chi connectivity index (χ1n) is 4.70. The van der Waals surface area contributed by atoms with Gasteiger partial charge in [0.05, 0.1) is 11.5 Å². The van der Waals surface area contributed by atoms with Crippen LogP contribution in [-0.2, 0) is 4.79 Å². The van der Waals surface area contributed by atoms with Crippen molar-refractivity contribution in [3.05, 3.63) is 0 Å². The molecule has 0 fully saturated rings. The second-order valence-electron chi connectivity index (χ2n) is 3.45. The van der Waals surface area contributed by atoms with Crippen LogP contribution in [0.25, 0.3) is 0 Å². The number of hydrogen-bond donors (Lipinski definition) is 2. The van der Waals surface area contributed by atoms with Gasteiger partial charge in [0, 0.05) is 26.1 Å². The molecule has 0 unspecified atom stereocenters. The van der Waals surface area contributed by atoms with Crippen LogP contribution in [0.3, 0.4) is 0 Å². The van der Waals surface area contributed by atoms with Crippen molar-refractivity contribution in [2.75, 3.05) is 20.1 Å². The van der Waals surface area contributed by atoms with Crippen molar-refractivity contribution < 1.29 is 4.79 Å². The van der Waals surface area contributed by atoms with Gasteiger partial charge >= 0.3 is 0 Å². The van der Waals surface area contributed by atoms with Crippen molar-refractivity contribution in [2.24, 2.45) is 5.73 Å². The Kier molecular flexibility index (Phi) is 6.40. The highest BCUT2D eigenvalue weighted by Gasteiger charge is 2.12. The zero-order valence-electron chi connectivity index (χ0n) is 9.04. The molecule has 3 N–H and O–H groups in total. The van der Waals surface area contributed by atoms with E-state index in [-0.39, 0.29) is 5.91 Å². The molecule has 0 spiro atoms. The van der Waals surface area contributed by atoms with Crippen LogP contribution in [0.15, 0.2) is 0 Å². The van der Waals surface area contributed by atoms with Crippen LogP contribution in [0, 0.1) is 0 Å². The van der Waals surface area contributed by atoms with Crippen molar-refractivity contribution in [1.82, 2.24) is 10.2 Å². The van der Waals surface area contributed by atoms with Gasteiger partial charge in [-0.1, -0.05) is 12.2 Å². The smallest absolute Gasteiger partial charge is 0.233 e. The number of carbonyl (C=O) groups excluding carboxylic acids is 1. The number of likely N-dealkylation sites (N-methyl/N-ethyl adjacent to an activating group) is 1. The minimum atomic E-state index is 0.0154. The Bertz CT molecular complexity index is 206. The van der Waals surface area contributed by atoms with E-state index < -0.39 is 0 Å². The number of nitrogens with one attached hydrogen (secondary N) is 1. The van der Waals surface area contributed by atoms with Gasteiger partial charge in [-0.2, -0.15) is 0 Å². The summed E-state index contributed by atoms with van der Waals surface area (Å²) in [6.45, 7) is 5.22. The Morgan fingerprint density at radius 3 is 2.50 bits per heavy atom. The van der Waals surface area contributed by atoms with Gasteiger partial charge < -0.3 is 11.1 Å². The summed E-state index contributed by atoms with van der Waals surface area (Å²) in [5, 5.41) is 2.59. The van der Waals surface area contributed by atoms with E-state index in [0.29, 0.717) is 24.0 Å². The Hall–Kier alpha value is -0.680. The zero-order valence-corrected chi connectivity index (χ0v) is 9.86. The maximum atomic E-state index is 11.2. The number of nitrogens with two attached hydrogens (primary N) is 1. The van der Waals surface area contributed by atoms with Crippen LogP contribution >= 0.6 is 12.2 Å². The number of hydrogen-bond acceptors (Lipinski definition) is 3. The Labute approximate surface area is 90.8 Å². The molecule has 0 saturated heterocycles. The number of nitrogens with zero attached hydrogens (tertiary/aromatic N) is 1. The fourth-order valence-corrected chi connectivity index (χ4v) is 1.13. The lowest BCUT2D eigenvalue weighted by Gasteiger charge is -2.25. The first-order chi connectivity index (χ1) is 6.47. The predicted molar refractivity (Wildman–Crippen MR) is 62.2 cm³/mol. The van der Waals surface area contributed by atoms with Gasteiger partial charge in [0.25, 0.3) is 0 Å². The van der Waals surface area contributed by atoms with Crippen molar-refractivity contribution in [3.63, 3.8) is 0 Å². The quantitative estimate of drug-likeness (QED) is 0.620. The molecule has 0 aliphatic rings. The predicted octanol–water partition coefficient (Wildman–Crippen LogP) is 0.119. The average molecular weight is 217 g/mol. The average Bonchev–Trinajstić information content (AvgIpc) is 2.10. The molecular weight excluding hydrogens is 198 g/mol. The van der Waals surface area contributed by atoms with E-state index in [1.54, 1.807) is 7.05 Å². The molecule has 0 aromatic heterocycles. The highest BCUT2D eigenvalue weighted by molar-refractivity contribution is 7.80. The van der Waals surface area contributed by atoms with Crippen molar-refractivity contribution in [2.45, 2.75) is 26.3 Å². The molecule has 0 radical (unpaired) electrons. The van der Waals surface area contributed by atoms with Crippen LogP contribution in [-0.4, -0.2) is 42.0 Å². The van der Waals surface area contributed by atoms with E-state index in [9.17, 15) is 4.79 Å². The first kappa shape index (κ1) is 13.3. The van der Waals surface area contributed by atoms with Crippen LogP contribution in [0.1, 0.15) is 20.3 Å². The van der Waals surface area contributed by atoms with Gasteiger partial charge in [-0.15, -0.1) is 0 Å². The third-order valence-corrected chi connectivity index (χ3v) is 2.21. The molecule has 0 heterocycles. The fourth-order valence-electron chi connectivity index (χ4n) is 1.04. The van der Waals surface area contributed by atoms with Gasteiger partial charge in [-0.3, -0.25) is 9.69 Å². The molecular formula is C9H19N3OS. The summed E-state index contributed by atoms with van der Waals surface area (Å²) in [6, 6.07) is 0.321. The fraction of sp³-hybridized carbons (Fsp3) is 0.778. The van der Waals surface area contributed by atoms with Crippen molar-refractivity contribution >= 4 is 23.1 Å². The molecule has 0 atom stereocenters. The lowest BCUT2D eigenvalue weighted by atomic mass is 10.2. The molecule has 0 aliphatic heterocycles. The number of rotatable bonds is 6. The normalized spacial score (nSPS) is 10.6. The minimum Gasteiger partial charge on any atom is -0.393 e. The third-order valence-electron chi connectivity index (χ3n) is 2.00. The van der Waals surface area contributed by atoms with Gasteiger partial charge in [-0.05, 0) is 13.8 Å². The van der Waals surface area contributed by atoms with E-state index in [1.807, 2.05) is 18.7 Å². The number of amides is 1. The molecule has 0 rings (SSSR count). The van der Waals surface area contributed by atoms with Gasteiger partial charge in [0.2, 0.25) is 5.91 Å². The molecule has 82 valence electrons. The molecule has 0 saturated carbocycles. The van der Waals surface area contributed by atoms with Crippen LogP contribution in [0.4, 0.5) is 0 Å². The monoisotopic (exact) mass is 217 g/mol. The van der Waals surface area contributed by atoms with E-state index >= 15 is 0 Å². The third kappa shape index (κ3) is 5.88. The Balaban J connectivity index is 4.02. The molecule has 0 aromatic rings. The number of thiocarbonyl (C=S) groups is 1. The van der Waals surface area contributed by atoms with Crippen molar-refractivity contribution in [1.29, 1.82) is 0 Å². The summed E-state index contributed by atoms with van der Waals surface area (Å²) in [6.07, 6.45) is 0.657. The minimum absolute atomic E-state index is 0.0154. The number of carbonyl (C=O) groups is 1. The maximum absolute atomic E-state index is 11.2. The van der Waals surface area contributed by atoms with Crippen LogP contribution in [0.5, 0.6) is 0 Å². The molecule has 0 aliphatic carbocycles. The lowest BCUT2D eigenvalue weighted by Crippen LogP contribution is -2.41. The van der Waals surface area contributed by atoms with Crippen molar-refractivity contribution in [3.8, 4) is 0 Å². The summed E-state index contributed by atoms with van der Waals surface area (Å²) in [7, 11) is 1.63. The second kappa shape index (κ2) is 6.73. The zero-order chi connectivity index (χ0) is 11.1. The largest absolute Gasteiger partial charge is 0.393 e. The Morgan fingerprint density at radius 1 is 1.57 bits per heavy atom. The van der Waals surface area contributed by atoms with Crippen LogP contribution < -0.4 is 11.1 Å². The van der Waals surface area contributed by atoms with E-state index in [2.05, 4.69) is 5.32 Å². The van der Waals surface area contributed by atoms with Gasteiger partial charge in [-0.25, -0.2) is 0 Å². The lowest BCUT2D eigenvalue weighted by molar-refractivity contribution is -0.122. The van der Waals surface area contributed by atoms with E-state index in [4.69, 9.17) is 18.0 Å². The molecule has 0 aromatic carbocycles. The first-order valence-corrected chi connectivity index (χ1v) is 5.11. The summed E-state index contributed by atoms with van der Waals surface area (Å²) >= 11 is 4.79.